The SMILES string of the molecule is CC(C)(C)NCC(Cc1cc(Br)cs1)c1cccc(Cl)c1. The van der Waals surface area contributed by atoms with Crippen LogP contribution in [0, 0.1) is 0 Å². The van der Waals surface area contributed by atoms with Crippen LogP contribution in [0.15, 0.2) is 40.2 Å². The van der Waals surface area contributed by atoms with Gasteiger partial charge in [0.2, 0.25) is 0 Å². The number of thiophene rings is 1. The molecular formula is C17H21BrClNS. The molecule has 1 unspecified atom stereocenters. The molecule has 4 heteroatoms. The largest absolute Gasteiger partial charge is 0.311 e. The van der Waals surface area contributed by atoms with E-state index in [1.807, 2.05) is 12.1 Å². The van der Waals surface area contributed by atoms with Crippen LogP contribution in [-0.4, -0.2) is 12.1 Å². The number of rotatable bonds is 5. The minimum absolute atomic E-state index is 0.118. The van der Waals surface area contributed by atoms with Gasteiger partial charge in [0.25, 0.3) is 0 Å². The van der Waals surface area contributed by atoms with Gasteiger partial charge in [-0.05, 0) is 66.9 Å². The molecule has 0 aliphatic rings. The highest BCUT2D eigenvalue weighted by Gasteiger charge is 2.17. The predicted molar refractivity (Wildman–Crippen MR) is 97.7 cm³/mol. The van der Waals surface area contributed by atoms with Crippen LogP contribution >= 0.6 is 38.9 Å². The van der Waals surface area contributed by atoms with Crippen molar-refractivity contribution in [2.24, 2.45) is 0 Å². The second-order valence-corrected chi connectivity index (χ2v) is 8.67. The Kier molecular flexibility index (Phi) is 5.89. The zero-order valence-corrected chi connectivity index (χ0v) is 15.8. The van der Waals surface area contributed by atoms with E-state index in [0.717, 1.165) is 22.5 Å². The molecule has 0 bridgehead atoms. The molecule has 0 spiro atoms. The highest BCUT2D eigenvalue weighted by atomic mass is 79.9. The zero-order chi connectivity index (χ0) is 15.5. The molecule has 0 saturated carbocycles. The summed E-state index contributed by atoms with van der Waals surface area (Å²) in [7, 11) is 0. The molecule has 2 aromatic rings. The van der Waals surface area contributed by atoms with Crippen LogP contribution < -0.4 is 5.32 Å². The molecule has 0 aliphatic heterocycles. The normalized spacial score (nSPS) is 13.4. The van der Waals surface area contributed by atoms with Crippen LogP contribution in [0.25, 0.3) is 0 Å². The van der Waals surface area contributed by atoms with Crippen molar-refractivity contribution in [3.63, 3.8) is 0 Å². The van der Waals surface area contributed by atoms with E-state index in [2.05, 4.69) is 65.6 Å². The number of hydrogen-bond donors (Lipinski definition) is 1. The maximum atomic E-state index is 6.16. The Morgan fingerprint density at radius 1 is 1.29 bits per heavy atom. The fourth-order valence-electron chi connectivity index (χ4n) is 2.20. The second kappa shape index (κ2) is 7.28. The maximum Gasteiger partial charge on any atom is 0.0408 e. The van der Waals surface area contributed by atoms with Gasteiger partial charge in [0, 0.05) is 37.8 Å². The van der Waals surface area contributed by atoms with Crippen LogP contribution in [0.3, 0.4) is 0 Å². The summed E-state index contributed by atoms with van der Waals surface area (Å²) in [6, 6.07) is 10.4. The number of halogens is 2. The van der Waals surface area contributed by atoms with E-state index in [-0.39, 0.29) is 5.54 Å². The van der Waals surface area contributed by atoms with Gasteiger partial charge in [-0.25, -0.2) is 0 Å². The molecule has 1 aromatic heterocycles. The summed E-state index contributed by atoms with van der Waals surface area (Å²) in [6.45, 7) is 7.54. The van der Waals surface area contributed by atoms with Crippen molar-refractivity contribution in [3.8, 4) is 0 Å². The van der Waals surface area contributed by atoms with Crippen molar-refractivity contribution in [2.45, 2.75) is 38.6 Å². The fraction of sp³-hybridized carbons (Fsp3) is 0.412. The Bertz CT molecular complexity index is 588. The molecule has 1 N–H and O–H groups in total. The lowest BCUT2D eigenvalue weighted by atomic mass is 9.94. The van der Waals surface area contributed by atoms with Crippen LogP contribution in [0.5, 0.6) is 0 Å². The Balaban J connectivity index is 2.17. The van der Waals surface area contributed by atoms with E-state index in [4.69, 9.17) is 11.6 Å². The van der Waals surface area contributed by atoms with Gasteiger partial charge in [-0.1, -0.05) is 23.7 Å². The first kappa shape index (κ1) is 17.0. The van der Waals surface area contributed by atoms with Gasteiger partial charge in [-0.3, -0.25) is 0 Å². The topological polar surface area (TPSA) is 12.0 Å². The van der Waals surface area contributed by atoms with Crippen molar-refractivity contribution >= 4 is 38.9 Å². The van der Waals surface area contributed by atoms with E-state index < -0.39 is 0 Å². The van der Waals surface area contributed by atoms with E-state index in [1.165, 1.54) is 10.4 Å². The quantitative estimate of drug-likeness (QED) is 0.676. The average molecular weight is 387 g/mol. The summed E-state index contributed by atoms with van der Waals surface area (Å²) < 4.78 is 1.16. The van der Waals surface area contributed by atoms with E-state index in [1.54, 1.807) is 11.3 Å². The van der Waals surface area contributed by atoms with Crippen molar-refractivity contribution in [3.05, 3.63) is 55.6 Å². The van der Waals surface area contributed by atoms with Crippen LogP contribution in [0.1, 0.15) is 37.1 Å². The smallest absolute Gasteiger partial charge is 0.0408 e. The van der Waals surface area contributed by atoms with Gasteiger partial charge in [0.15, 0.2) is 0 Å². The Hall–Kier alpha value is -0.350. The first-order valence-corrected chi connectivity index (χ1v) is 9.12. The molecule has 1 atom stereocenters. The third-order valence-corrected chi connectivity index (χ3v) is 5.22. The first-order valence-electron chi connectivity index (χ1n) is 7.07. The van der Waals surface area contributed by atoms with Gasteiger partial charge < -0.3 is 5.32 Å². The minimum Gasteiger partial charge on any atom is -0.311 e. The van der Waals surface area contributed by atoms with Gasteiger partial charge in [0.05, 0.1) is 0 Å². The van der Waals surface area contributed by atoms with Crippen LogP contribution in [0.4, 0.5) is 0 Å². The minimum atomic E-state index is 0.118. The van der Waals surface area contributed by atoms with E-state index >= 15 is 0 Å². The van der Waals surface area contributed by atoms with Crippen molar-refractivity contribution in [1.29, 1.82) is 0 Å². The van der Waals surface area contributed by atoms with Crippen LogP contribution in [-0.2, 0) is 6.42 Å². The molecular weight excluding hydrogens is 366 g/mol. The fourth-order valence-corrected chi connectivity index (χ4v) is 3.93. The van der Waals surface area contributed by atoms with Gasteiger partial charge >= 0.3 is 0 Å². The molecule has 1 aromatic carbocycles. The summed E-state index contributed by atoms with van der Waals surface area (Å²) in [5.74, 6) is 0.425. The Morgan fingerprint density at radius 2 is 2.05 bits per heavy atom. The molecule has 0 saturated heterocycles. The van der Waals surface area contributed by atoms with Crippen molar-refractivity contribution < 1.29 is 0 Å². The Labute approximate surface area is 144 Å². The monoisotopic (exact) mass is 385 g/mol. The first-order chi connectivity index (χ1) is 9.83. The lowest BCUT2D eigenvalue weighted by Gasteiger charge is -2.25. The van der Waals surface area contributed by atoms with Gasteiger partial charge in [0.1, 0.15) is 0 Å². The molecule has 0 amide bonds. The van der Waals surface area contributed by atoms with Crippen molar-refractivity contribution in [1.82, 2.24) is 5.32 Å². The molecule has 21 heavy (non-hydrogen) atoms. The standard InChI is InChI=1S/C17H21BrClNS/c1-17(2,3)20-10-13(8-16-9-14(18)11-21-16)12-5-4-6-15(19)7-12/h4-7,9,11,13,20H,8,10H2,1-3H3. The van der Waals surface area contributed by atoms with Crippen molar-refractivity contribution in [2.75, 3.05) is 6.54 Å². The molecule has 114 valence electrons. The van der Waals surface area contributed by atoms with E-state index in [9.17, 15) is 0 Å². The highest BCUT2D eigenvalue weighted by molar-refractivity contribution is 9.10. The van der Waals surface area contributed by atoms with E-state index in [0.29, 0.717) is 5.92 Å². The Morgan fingerprint density at radius 3 is 2.62 bits per heavy atom. The van der Waals surface area contributed by atoms with Crippen LogP contribution in [0.2, 0.25) is 5.02 Å². The molecule has 1 nitrogen and oxygen atoms in total. The predicted octanol–water partition coefficient (Wildman–Crippen LogP) is 5.88. The molecule has 0 aliphatic carbocycles. The number of hydrogen-bond acceptors (Lipinski definition) is 2. The second-order valence-electron chi connectivity index (χ2n) is 6.32. The summed E-state index contributed by atoms with van der Waals surface area (Å²) in [4.78, 5) is 1.39. The summed E-state index contributed by atoms with van der Waals surface area (Å²) >= 11 is 11.5. The summed E-state index contributed by atoms with van der Waals surface area (Å²) in [5, 5.41) is 6.56. The lowest BCUT2D eigenvalue weighted by Crippen LogP contribution is -2.39. The zero-order valence-electron chi connectivity index (χ0n) is 12.6. The maximum absolute atomic E-state index is 6.16. The van der Waals surface area contributed by atoms with Gasteiger partial charge in [-0.2, -0.15) is 0 Å². The molecule has 0 radical (unpaired) electrons. The number of benzene rings is 1. The molecule has 0 fully saturated rings. The molecule has 1 heterocycles. The van der Waals surface area contributed by atoms with Gasteiger partial charge in [-0.15, -0.1) is 11.3 Å². The molecule has 2 rings (SSSR count). The lowest BCUT2D eigenvalue weighted by molar-refractivity contribution is 0.405. The number of nitrogens with one attached hydrogen (secondary N) is 1. The summed E-state index contributed by atoms with van der Waals surface area (Å²) in [6.07, 6.45) is 1.03. The highest BCUT2D eigenvalue weighted by Crippen LogP contribution is 2.28. The average Bonchev–Trinajstić information content (AvgIpc) is 2.79. The third-order valence-electron chi connectivity index (χ3n) is 3.27. The third kappa shape index (κ3) is 5.74. The summed E-state index contributed by atoms with van der Waals surface area (Å²) in [5.41, 5.74) is 1.41.